The summed E-state index contributed by atoms with van der Waals surface area (Å²) >= 11 is 0. The van der Waals surface area contributed by atoms with Gasteiger partial charge in [-0.15, -0.1) is 0 Å². The van der Waals surface area contributed by atoms with Gasteiger partial charge in [0.15, 0.2) is 0 Å². The van der Waals surface area contributed by atoms with Crippen LogP contribution < -0.4 is 10.6 Å². The highest BCUT2D eigenvalue weighted by atomic mass is 19.1. The molecular weight excluding hydrogens is 377 g/mol. The quantitative estimate of drug-likeness (QED) is 0.576. The van der Waals surface area contributed by atoms with Crippen LogP contribution in [-0.2, 0) is 11.2 Å². The van der Waals surface area contributed by atoms with Crippen molar-refractivity contribution in [3.05, 3.63) is 101 Å². The molecule has 1 amide bonds. The van der Waals surface area contributed by atoms with Crippen molar-refractivity contribution in [3.8, 4) is 0 Å². The summed E-state index contributed by atoms with van der Waals surface area (Å²) in [7, 11) is 1.63. The first-order valence-electron chi connectivity index (χ1n) is 10.2. The van der Waals surface area contributed by atoms with E-state index in [1.807, 2.05) is 55.6 Å². The molecule has 0 spiro atoms. The van der Waals surface area contributed by atoms with Crippen molar-refractivity contribution >= 4 is 5.91 Å². The highest BCUT2D eigenvalue weighted by molar-refractivity contribution is 5.83. The molecule has 4 nitrogen and oxygen atoms in total. The Bertz CT molecular complexity index is 973. The number of carbonyl (C=O) groups is 1. The fraction of sp³-hybridized carbons (Fsp3) is 0.280. The number of likely N-dealkylation sites (N-methyl/N-ethyl adjacent to an activating group) is 1. The summed E-state index contributed by atoms with van der Waals surface area (Å²) in [6.45, 7) is 3.72. The molecule has 1 aromatic heterocycles. The maximum absolute atomic E-state index is 13.9. The van der Waals surface area contributed by atoms with Crippen LogP contribution in [0.25, 0.3) is 0 Å². The molecule has 30 heavy (non-hydrogen) atoms. The Morgan fingerprint density at radius 1 is 1.03 bits per heavy atom. The number of nitrogens with zero attached hydrogens (tertiary/aromatic N) is 1. The number of halogens is 1. The molecule has 3 aromatic rings. The van der Waals surface area contributed by atoms with Crippen LogP contribution in [0.4, 0.5) is 4.39 Å². The summed E-state index contributed by atoms with van der Waals surface area (Å²) in [6.07, 6.45) is 3.42. The number of rotatable bonds is 8. The largest absolute Gasteiger partial charge is 0.358 e. The van der Waals surface area contributed by atoms with Crippen LogP contribution in [0, 0.1) is 19.7 Å². The summed E-state index contributed by atoms with van der Waals surface area (Å²) in [5.41, 5.74) is 4.54. The number of aromatic nitrogens is 1. The predicted molar refractivity (Wildman–Crippen MR) is 118 cm³/mol. The van der Waals surface area contributed by atoms with Crippen molar-refractivity contribution in [3.63, 3.8) is 0 Å². The molecule has 1 heterocycles. The highest BCUT2D eigenvalue weighted by Crippen LogP contribution is 2.26. The van der Waals surface area contributed by atoms with Gasteiger partial charge in [0.2, 0.25) is 5.91 Å². The van der Waals surface area contributed by atoms with E-state index in [2.05, 4.69) is 21.7 Å². The number of pyridine rings is 1. The van der Waals surface area contributed by atoms with E-state index >= 15 is 0 Å². The van der Waals surface area contributed by atoms with Crippen molar-refractivity contribution in [2.75, 3.05) is 7.05 Å². The number of benzene rings is 2. The average molecular weight is 406 g/mol. The molecule has 5 heteroatoms. The van der Waals surface area contributed by atoms with Crippen LogP contribution in [-0.4, -0.2) is 17.9 Å². The zero-order valence-corrected chi connectivity index (χ0v) is 17.7. The second kappa shape index (κ2) is 10.1. The summed E-state index contributed by atoms with van der Waals surface area (Å²) in [5.74, 6) is -0.340. The van der Waals surface area contributed by atoms with Gasteiger partial charge < -0.3 is 5.32 Å². The molecular formula is C25H28FN3O. The molecule has 3 rings (SSSR count). The van der Waals surface area contributed by atoms with Gasteiger partial charge in [-0.3, -0.25) is 15.1 Å². The SMILES string of the molecule is CNC(=O)[C@@H](N[C@@H](CCc1ccc(C)nc1)c1ccc(F)c(C)c1)c1ccccc1. The average Bonchev–Trinajstić information content (AvgIpc) is 2.77. The van der Waals surface area contributed by atoms with Crippen LogP contribution >= 0.6 is 0 Å². The first-order valence-corrected chi connectivity index (χ1v) is 10.2. The van der Waals surface area contributed by atoms with E-state index in [-0.39, 0.29) is 17.8 Å². The summed E-state index contributed by atoms with van der Waals surface area (Å²) in [6, 6.07) is 18.2. The normalized spacial score (nSPS) is 12.9. The predicted octanol–water partition coefficient (Wildman–Crippen LogP) is 4.59. The van der Waals surface area contributed by atoms with Gasteiger partial charge in [0.05, 0.1) is 0 Å². The Morgan fingerprint density at radius 2 is 1.80 bits per heavy atom. The number of hydrogen-bond acceptors (Lipinski definition) is 3. The summed E-state index contributed by atoms with van der Waals surface area (Å²) in [4.78, 5) is 17.0. The van der Waals surface area contributed by atoms with Gasteiger partial charge in [-0.1, -0.05) is 48.5 Å². The van der Waals surface area contributed by atoms with Crippen LogP contribution in [0.1, 0.15) is 46.5 Å². The smallest absolute Gasteiger partial charge is 0.241 e. The maximum Gasteiger partial charge on any atom is 0.241 e. The number of aryl methyl sites for hydroxylation is 3. The molecule has 0 saturated carbocycles. The van der Waals surface area contributed by atoms with Gasteiger partial charge in [-0.25, -0.2) is 4.39 Å². The van der Waals surface area contributed by atoms with Crippen molar-refractivity contribution in [1.29, 1.82) is 0 Å². The summed E-state index contributed by atoms with van der Waals surface area (Å²) in [5, 5.41) is 6.26. The van der Waals surface area contributed by atoms with Crippen molar-refractivity contribution in [2.24, 2.45) is 0 Å². The van der Waals surface area contributed by atoms with Gasteiger partial charge in [0.1, 0.15) is 11.9 Å². The van der Waals surface area contributed by atoms with Crippen LogP contribution in [0.2, 0.25) is 0 Å². The lowest BCUT2D eigenvalue weighted by atomic mass is 9.95. The molecule has 0 unspecified atom stereocenters. The van der Waals surface area contributed by atoms with Crippen molar-refractivity contribution in [2.45, 2.75) is 38.8 Å². The molecule has 0 aliphatic rings. The van der Waals surface area contributed by atoms with Crippen LogP contribution in [0.15, 0.2) is 66.9 Å². The molecule has 2 aromatic carbocycles. The minimum absolute atomic E-state index is 0.109. The highest BCUT2D eigenvalue weighted by Gasteiger charge is 2.24. The second-order valence-electron chi connectivity index (χ2n) is 7.53. The van der Waals surface area contributed by atoms with E-state index in [0.29, 0.717) is 5.56 Å². The maximum atomic E-state index is 13.9. The fourth-order valence-electron chi connectivity index (χ4n) is 3.50. The molecule has 156 valence electrons. The summed E-state index contributed by atoms with van der Waals surface area (Å²) < 4.78 is 13.9. The third kappa shape index (κ3) is 5.51. The monoisotopic (exact) mass is 405 g/mol. The van der Waals surface area contributed by atoms with Gasteiger partial charge in [-0.05, 0) is 61.1 Å². The van der Waals surface area contributed by atoms with E-state index in [1.165, 1.54) is 6.07 Å². The fourth-order valence-corrected chi connectivity index (χ4v) is 3.50. The van der Waals surface area contributed by atoms with Crippen molar-refractivity contribution < 1.29 is 9.18 Å². The standard InChI is InChI=1S/C25H28FN3O/c1-17-15-21(12-13-22(17)26)23(14-11-19-10-9-18(2)28-16-19)29-24(25(30)27-3)20-7-5-4-6-8-20/h4-10,12-13,15-16,23-24,29H,11,14H2,1-3H3,(H,27,30)/t23-,24-/m0/s1. The zero-order valence-electron chi connectivity index (χ0n) is 17.7. The molecule has 0 radical (unpaired) electrons. The number of nitrogens with one attached hydrogen (secondary N) is 2. The van der Waals surface area contributed by atoms with E-state index in [0.717, 1.165) is 35.2 Å². The first kappa shape index (κ1) is 21.7. The van der Waals surface area contributed by atoms with E-state index in [1.54, 1.807) is 20.0 Å². The minimum atomic E-state index is -0.511. The molecule has 0 saturated heterocycles. The van der Waals surface area contributed by atoms with Gasteiger partial charge in [0, 0.05) is 25.0 Å². The number of carbonyl (C=O) groups excluding carboxylic acids is 1. The lowest BCUT2D eigenvalue weighted by Crippen LogP contribution is -2.38. The van der Waals surface area contributed by atoms with Gasteiger partial charge in [-0.2, -0.15) is 0 Å². The van der Waals surface area contributed by atoms with E-state index in [9.17, 15) is 9.18 Å². The van der Waals surface area contributed by atoms with Gasteiger partial charge >= 0.3 is 0 Å². The Labute approximate surface area is 177 Å². The van der Waals surface area contributed by atoms with Crippen LogP contribution in [0.3, 0.4) is 0 Å². The van der Waals surface area contributed by atoms with E-state index < -0.39 is 6.04 Å². The molecule has 0 aliphatic carbocycles. The number of hydrogen-bond donors (Lipinski definition) is 2. The molecule has 2 N–H and O–H groups in total. The molecule has 0 aliphatic heterocycles. The number of amides is 1. The van der Waals surface area contributed by atoms with Gasteiger partial charge in [0.25, 0.3) is 0 Å². The lowest BCUT2D eigenvalue weighted by Gasteiger charge is -2.26. The third-order valence-electron chi connectivity index (χ3n) is 5.29. The lowest BCUT2D eigenvalue weighted by molar-refractivity contribution is -0.123. The Hall–Kier alpha value is -3.05. The zero-order chi connectivity index (χ0) is 21.5. The van der Waals surface area contributed by atoms with Crippen molar-refractivity contribution in [1.82, 2.24) is 15.6 Å². The molecule has 0 bridgehead atoms. The van der Waals surface area contributed by atoms with E-state index in [4.69, 9.17) is 0 Å². The Balaban J connectivity index is 1.89. The Morgan fingerprint density at radius 3 is 2.43 bits per heavy atom. The third-order valence-corrected chi connectivity index (χ3v) is 5.29. The molecule has 0 fully saturated rings. The second-order valence-corrected chi connectivity index (χ2v) is 7.53. The Kier molecular flexibility index (Phi) is 7.31. The first-order chi connectivity index (χ1) is 14.5. The minimum Gasteiger partial charge on any atom is -0.358 e. The molecule has 2 atom stereocenters. The topological polar surface area (TPSA) is 54.0 Å². The van der Waals surface area contributed by atoms with Crippen LogP contribution in [0.5, 0.6) is 0 Å².